The van der Waals surface area contributed by atoms with Gasteiger partial charge in [-0.25, -0.2) is 22.4 Å². The normalized spacial score (nSPS) is 12.5. The van der Waals surface area contributed by atoms with Crippen LogP contribution in [-0.4, -0.2) is 109 Å². The first-order chi connectivity index (χ1) is 27.1. The average Bonchev–Trinajstić information content (AvgIpc) is 3.64. The minimum atomic E-state index is -3.76. The summed E-state index contributed by atoms with van der Waals surface area (Å²) in [6.07, 6.45) is 1.96. The van der Waals surface area contributed by atoms with Gasteiger partial charge in [0.25, 0.3) is 0 Å². The fraction of sp³-hybridized carbons (Fsp3) is 0.500. The van der Waals surface area contributed by atoms with E-state index in [1.54, 1.807) is 16.8 Å². The summed E-state index contributed by atoms with van der Waals surface area (Å²) in [5.74, 6) is 0.787. The van der Waals surface area contributed by atoms with Crippen LogP contribution in [0.4, 0.5) is 5.69 Å². The largest absolute Gasteiger partial charge is 0.456 e. The van der Waals surface area contributed by atoms with E-state index in [1.165, 1.54) is 4.90 Å². The maximum Gasteiger partial charge on any atom is 0.240 e. The fourth-order valence-electron chi connectivity index (χ4n) is 6.81. The number of hydrogen-bond acceptors (Lipinski definition) is 9. The number of fused-ring (bicyclic) bond motifs is 2. The predicted octanol–water partition coefficient (Wildman–Crippen LogP) is 3.83. The van der Waals surface area contributed by atoms with Crippen LogP contribution in [0.25, 0.3) is 33.4 Å². The second kappa shape index (κ2) is 20.8. The van der Waals surface area contributed by atoms with Crippen LogP contribution in [-0.2, 0) is 37.3 Å². The number of benzene rings is 3. The Labute approximate surface area is 332 Å². The lowest BCUT2D eigenvalue weighted by atomic mass is 9.91. The monoisotopic (exact) mass is 791 g/mol. The zero-order valence-corrected chi connectivity index (χ0v) is 35.1. The van der Waals surface area contributed by atoms with Crippen molar-refractivity contribution in [3.8, 4) is 22.5 Å². The van der Waals surface area contributed by atoms with Gasteiger partial charge in [0.05, 0.1) is 76.9 Å². The molecule has 0 radical (unpaired) electrons. The minimum Gasteiger partial charge on any atom is -0.456 e. The number of quaternary nitrogens is 1. The summed E-state index contributed by atoms with van der Waals surface area (Å²) in [6, 6.07) is 18.1. The lowest BCUT2D eigenvalue weighted by molar-refractivity contribution is -0.892. The highest BCUT2D eigenvalue weighted by Crippen LogP contribution is 2.42. The smallest absolute Gasteiger partial charge is 0.240 e. The summed E-state index contributed by atoms with van der Waals surface area (Å²) >= 11 is 0. The number of nitrogens with one attached hydrogen (secondary N) is 2. The Bertz CT molecular complexity index is 2160. The number of sulfonamides is 1. The number of nitrogens with zero attached hydrogens (tertiary/aromatic N) is 5. The first-order valence-electron chi connectivity index (χ1n) is 20.0. The summed E-state index contributed by atoms with van der Waals surface area (Å²) in [7, 11) is -1.63. The standard InChI is InChI=1S/C42H60N7O6S/c1-8-46(7)30-33-31-49(45-44-33)20-22-53-24-26-54-25-23-52-21-19-43-56(50,51)36-15-18-37(32(6)27-36)42-38-16-13-34(47(9-2)10-3)28-40(38)55-41-29-35(14-17-39(41)42)48(11-4)12-5/h13-18,27-29,31,43H,8-12,19-26,30H2,1-7H3/q+1/p+1. The number of ether oxygens (including phenoxy) is 3. The van der Waals surface area contributed by atoms with Crippen molar-refractivity contribution in [2.24, 2.45) is 0 Å². The Balaban J connectivity index is 1.15. The number of hydrogen-bond donors (Lipinski definition) is 2. The Hall–Kier alpha value is -4.18. The first kappa shape index (κ1) is 43.0. The van der Waals surface area contributed by atoms with Gasteiger partial charge in [-0.3, -0.25) is 0 Å². The third-order valence-corrected chi connectivity index (χ3v) is 11.6. The molecule has 1 aliphatic carbocycles. The van der Waals surface area contributed by atoms with Crippen LogP contribution in [0.5, 0.6) is 0 Å². The molecule has 1 atom stereocenters. The van der Waals surface area contributed by atoms with Crippen LogP contribution in [0.2, 0.25) is 0 Å². The van der Waals surface area contributed by atoms with Crippen LogP contribution in [0.3, 0.4) is 0 Å². The van der Waals surface area contributed by atoms with Gasteiger partial charge in [0.2, 0.25) is 15.4 Å². The topological polar surface area (TPSA) is 128 Å². The van der Waals surface area contributed by atoms with Crippen molar-refractivity contribution in [2.75, 3.05) is 90.9 Å². The zero-order valence-electron chi connectivity index (χ0n) is 34.3. The molecule has 5 rings (SSSR count). The molecule has 2 heterocycles. The van der Waals surface area contributed by atoms with Gasteiger partial charge in [-0.1, -0.05) is 11.3 Å². The molecular weight excluding hydrogens is 731 g/mol. The van der Waals surface area contributed by atoms with E-state index in [1.807, 2.05) is 19.2 Å². The van der Waals surface area contributed by atoms with Gasteiger partial charge < -0.3 is 28.4 Å². The quantitative estimate of drug-likeness (QED) is 0.0577. The van der Waals surface area contributed by atoms with Crippen molar-refractivity contribution in [3.05, 3.63) is 77.4 Å². The van der Waals surface area contributed by atoms with Crippen LogP contribution in [0.15, 0.2) is 70.1 Å². The Morgan fingerprint density at radius 3 is 2.23 bits per heavy atom. The molecule has 2 N–H and O–H groups in total. The number of anilines is 1. The van der Waals surface area contributed by atoms with Crippen LogP contribution >= 0.6 is 0 Å². The summed E-state index contributed by atoms with van der Waals surface area (Å²) < 4.78 is 56.9. The van der Waals surface area contributed by atoms with Gasteiger partial charge in [0, 0.05) is 54.0 Å². The Morgan fingerprint density at radius 1 is 0.857 bits per heavy atom. The van der Waals surface area contributed by atoms with E-state index in [-0.39, 0.29) is 18.0 Å². The highest BCUT2D eigenvalue weighted by Gasteiger charge is 2.22. The van der Waals surface area contributed by atoms with Crippen molar-refractivity contribution in [2.45, 2.75) is 59.5 Å². The molecule has 0 amide bonds. The molecule has 2 aromatic carbocycles. The molecule has 0 spiro atoms. The van der Waals surface area contributed by atoms with Gasteiger partial charge in [-0.2, -0.15) is 0 Å². The first-order valence-corrected chi connectivity index (χ1v) is 21.5. The Kier molecular flexibility index (Phi) is 16.0. The predicted molar refractivity (Wildman–Crippen MR) is 222 cm³/mol. The molecule has 13 nitrogen and oxygen atoms in total. The van der Waals surface area contributed by atoms with Crippen LogP contribution in [0.1, 0.15) is 45.9 Å². The molecule has 2 aliphatic rings. The molecule has 1 aliphatic heterocycles. The van der Waals surface area contributed by atoms with E-state index in [4.69, 9.17) is 18.6 Å². The average molecular weight is 792 g/mol. The maximum atomic E-state index is 13.3. The lowest BCUT2D eigenvalue weighted by Crippen LogP contribution is -3.07. The van der Waals surface area contributed by atoms with Crippen molar-refractivity contribution in [3.63, 3.8) is 0 Å². The molecule has 56 heavy (non-hydrogen) atoms. The maximum absolute atomic E-state index is 13.3. The molecule has 14 heteroatoms. The number of rotatable bonds is 23. The third kappa shape index (κ3) is 11.0. The zero-order chi connectivity index (χ0) is 40.1. The van der Waals surface area contributed by atoms with Gasteiger partial charge in [0.1, 0.15) is 36.7 Å². The highest BCUT2D eigenvalue weighted by molar-refractivity contribution is 7.89. The number of aromatic nitrogens is 3. The fourth-order valence-corrected chi connectivity index (χ4v) is 7.90. The second-order valence-electron chi connectivity index (χ2n) is 13.9. The molecule has 0 bridgehead atoms. The molecular formula is C42H61N7O6S+2. The second-order valence-corrected chi connectivity index (χ2v) is 15.6. The van der Waals surface area contributed by atoms with E-state index < -0.39 is 10.0 Å². The third-order valence-electron chi connectivity index (χ3n) is 10.1. The van der Waals surface area contributed by atoms with Crippen LogP contribution < -0.4 is 24.5 Å². The van der Waals surface area contributed by atoms with Crippen LogP contribution in [0, 0.1) is 6.92 Å². The summed E-state index contributed by atoms with van der Waals surface area (Å²) in [4.78, 5) is 3.88. The van der Waals surface area contributed by atoms with Crippen molar-refractivity contribution in [1.82, 2.24) is 24.3 Å². The number of aryl methyl sites for hydroxylation is 1. The summed E-state index contributed by atoms with van der Waals surface area (Å²) in [5.41, 5.74) is 6.66. The van der Waals surface area contributed by atoms with Gasteiger partial charge in [0.15, 0.2) is 0 Å². The molecule has 3 aromatic rings. The van der Waals surface area contributed by atoms with Gasteiger partial charge in [-0.15, -0.1) is 5.10 Å². The molecule has 304 valence electrons. The summed E-state index contributed by atoms with van der Waals surface area (Å²) in [6.45, 7) is 21.3. The van der Waals surface area contributed by atoms with Gasteiger partial charge in [-0.05, 0) is 83.0 Å². The van der Waals surface area contributed by atoms with Crippen molar-refractivity contribution in [1.29, 1.82) is 0 Å². The molecule has 0 fully saturated rings. The highest BCUT2D eigenvalue weighted by atomic mass is 32.2. The molecule has 1 aromatic heterocycles. The molecule has 0 saturated carbocycles. The lowest BCUT2D eigenvalue weighted by Gasteiger charge is -2.22. The van der Waals surface area contributed by atoms with E-state index >= 15 is 0 Å². The molecule has 1 unspecified atom stereocenters. The summed E-state index contributed by atoms with van der Waals surface area (Å²) in [5, 5.41) is 10.4. The SMILES string of the molecule is CCN(CC)c1ccc2c(-c3ccc(S(=O)(=O)NCCOCCOCCOCCn4cc(C[NH+](C)CC)nn4)cc3C)c3ccc(=[N+](CC)CC)cc-3oc2c1. The van der Waals surface area contributed by atoms with E-state index in [0.717, 1.165) is 95.0 Å². The minimum absolute atomic E-state index is 0.144. The van der Waals surface area contributed by atoms with E-state index in [0.29, 0.717) is 39.6 Å². The van der Waals surface area contributed by atoms with Gasteiger partial charge >= 0.3 is 0 Å². The van der Waals surface area contributed by atoms with E-state index in [9.17, 15) is 8.42 Å². The Morgan fingerprint density at radius 2 is 1.55 bits per heavy atom. The van der Waals surface area contributed by atoms with Crippen molar-refractivity contribution < 1.29 is 31.9 Å². The molecule has 0 saturated heterocycles. The van der Waals surface area contributed by atoms with E-state index in [2.05, 4.69) is 103 Å². The van der Waals surface area contributed by atoms with Crippen molar-refractivity contribution >= 4 is 26.7 Å².